The quantitative estimate of drug-likeness (QED) is 0.495. The number of anilines is 1. The van der Waals surface area contributed by atoms with Crippen LogP contribution >= 0.6 is 0 Å². The summed E-state index contributed by atoms with van der Waals surface area (Å²) in [5.41, 5.74) is 7.02. The van der Waals surface area contributed by atoms with Crippen LogP contribution in [0.4, 0.5) is 5.69 Å². The number of rotatable bonds is 8. The van der Waals surface area contributed by atoms with E-state index in [-0.39, 0.29) is 11.7 Å². The topological polar surface area (TPSA) is 98.2 Å². The lowest BCUT2D eigenvalue weighted by Crippen LogP contribution is -2.23. The van der Waals surface area contributed by atoms with Gasteiger partial charge in [-0.1, -0.05) is 20.8 Å². The minimum absolute atomic E-state index is 0.0355. The number of nitrogens with two attached hydrogens (primary N) is 1. The Morgan fingerprint density at radius 1 is 1.52 bits per heavy atom. The van der Waals surface area contributed by atoms with Crippen LogP contribution < -0.4 is 11.1 Å². The zero-order valence-electron chi connectivity index (χ0n) is 15.5. The number of hydrogen-bond donors (Lipinski definition) is 3. The predicted octanol–water partition coefficient (Wildman–Crippen LogP) is 3.09. The first kappa shape index (κ1) is 19.5. The van der Waals surface area contributed by atoms with E-state index in [2.05, 4.69) is 10.4 Å². The van der Waals surface area contributed by atoms with Gasteiger partial charge in [0.15, 0.2) is 6.29 Å². The summed E-state index contributed by atoms with van der Waals surface area (Å²) in [5.74, 6) is 0.442. The molecule has 7 nitrogen and oxygen atoms in total. The number of hydrogen-bond acceptors (Lipinski definition) is 6. The summed E-state index contributed by atoms with van der Waals surface area (Å²) in [6.45, 7) is 8.20. The molecule has 2 heterocycles. The van der Waals surface area contributed by atoms with Crippen molar-refractivity contribution in [2.75, 3.05) is 18.5 Å². The van der Waals surface area contributed by atoms with E-state index in [0.717, 1.165) is 38.1 Å². The molecule has 25 heavy (non-hydrogen) atoms. The van der Waals surface area contributed by atoms with Crippen LogP contribution in [0.15, 0.2) is 24.3 Å². The molecule has 1 fully saturated rings. The lowest BCUT2D eigenvalue weighted by molar-refractivity contribution is -0.163. The van der Waals surface area contributed by atoms with Gasteiger partial charge in [-0.3, -0.25) is 4.68 Å². The fourth-order valence-corrected chi connectivity index (χ4v) is 2.41. The average Bonchev–Trinajstić information content (AvgIpc) is 2.99. The first-order valence-electron chi connectivity index (χ1n) is 8.93. The van der Waals surface area contributed by atoms with E-state index in [1.54, 1.807) is 12.3 Å². The van der Waals surface area contributed by atoms with Crippen LogP contribution in [-0.4, -0.2) is 35.0 Å². The molecule has 0 aliphatic carbocycles. The second-order valence-corrected chi connectivity index (χ2v) is 7.40. The Hall–Kier alpha value is -1.86. The fraction of sp³-hybridized carbons (Fsp3) is 0.667. The molecule has 140 valence electrons. The molecular formula is C18H31N5O2. The summed E-state index contributed by atoms with van der Waals surface area (Å²) in [4.78, 5) is 0. The van der Waals surface area contributed by atoms with Gasteiger partial charge in [0.05, 0.1) is 18.5 Å². The summed E-state index contributed by atoms with van der Waals surface area (Å²) < 4.78 is 13.1. The van der Waals surface area contributed by atoms with E-state index in [1.165, 1.54) is 6.42 Å². The Morgan fingerprint density at radius 3 is 3.00 bits per heavy atom. The van der Waals surface area contributed by atoms with E-state index >= 15 is 0 Å². The van der Waals surface area contributed by atoms with Crippen LogP contribution in [0.25, 0.3) is 0 Å². The molecule has 1 unspecified atom stereocenters. The molecule has 1 aliphatic rings. The largest absolute Gasteiger partial charge is 0.385 e. The Balaban J connectivity index is 1.72. The standard InChI is InChI=1S/C18H31N5O2/c1-18(2,3)15(19)11-16(20)22-14-12-21-23(13-14)8-6-10-25-17-7-4-5-9-24-17/h11-13,17,19,22H,4-10,20H2,1-3H3/b16-11-,19-15?. The van der Waals surface area contributed by atoms with Crippen molar-refractivity contribution in [3.05, 3.63) is 24.3 Å². The molecule has 0 bridgehead atoms. The average molecular weight is 349 g/mol. The smallest absolute Gasteiger partial charge is 0.157 e. The summed E-state index contributed by atoms with van der Waals surface area (Å²) in [5, 5.41) is 15.4. The lowest BCUT2D eigenvalue weighted by Gasteiger charge is -2.22. The van der Waals surface area contributed by atoms with E-state index < -0.39 is 0 Å². The molecule has 0 spiro atoms. The number of allylic oxidation sites excluding steroid dienone is 1. The van der Waals surface area contributed by atoms with E-state index in [9.17, 15) is 0 Å². The fourth-order valence-electron chi connectivity index (χ4n) is 2.41. The monoisotopic (exact) mass is 349 g/mol. The zero-order valence-corrected chi connectivity index (χ0v) is 15.5. The second kappa shape index (κ2) is 9.01. The van der Waals surface area contributed by atoms with Crippen molar-refractivity contribution in [2.45, 2.75) is 59.3 Å². The number of ether oxygens (including phenoxy) is 2. The Kier molecular flexibility index (Phi) is 7.01. The maximum Gasteiger partial charge on any atom is 0.157 e. The van der Waals surface area contributed by atoms with Crippen LogP contribution in [0.1, 0.15) is 46.5 Å². The molecule has 2 rings (SSSR count). The van der Waals surface area contributed by atoms with Crippen molar-refractivity contribution in [3.8, 4) is 0 Å². The molecule has 7 heteroatoms. The molecule has 1 aromatic rings. The van der Waals surface area contributed by atoms with E-state index in [4.69, 9.17) is 20.6 Å². The maximum atomic E-state index is 8.00. The van der Waals surface area contributed by atoms with Gasteiger partial charge in [-0.2, -0.15) is 5.10 Å². The van der Waals surface area contributed by atoms with Crippen molar-refractivity contribution >= 4 is 11.4 Å². The van der Waals surface area contributed by atoms with Gasteiger partial charge in [0.1, 0.15) is 5.82 Å². The molecule has 0 radical (unpaired) electrons. The van der Waals surface area contributed by atoms with Crippen LogP contribution in [-0.2, 0) is 16.0 Å². The van der Waals surface area contributed by atoms with Gasteiger partial charge in [-0.25, -0.2) is 0 Å². The van der Waals surface area contributed by atoms with Crippen molar-refractivity contribution in [1.82, 2.24) is 9.78 Å². The molecule has 0 aromatic carbocycles. The van der Waals surface area contributed by atoms with Gasteiger partial charge >= 0.3 is 0 Å². The third-order valence-corrected chi connectivity index (χ3v) is 4.00. The lowest BCUT2D eigenvalue weighted by atomic mass is 9.90. The summed E-state index contributed by atoms with van der Waals surface area (Å²) in [6, 6.07) is 0. The van der Waals surface area contributed by atoms with Crippen LogP contribution in [0, 0.1) is 10.8 Å². The van der Waals surface area contributed by atoms with Crippen LogP contribution in [0.2, 0.25) is 0 Å². The van der Waals surface area contributed by atoms with Gasteiger partial charge in [0.2, 0.25) is 0 Å². The molecule has 1 aliphatic heterocycles. The highest BCUT2D eigenvalue weighted by Gasteiger charge is 2.15. The Labute approximate surface area is 150 Å². The summed E-state index contributed by atoms with van der Waals surface area (Å²) in [7, 11) is 0. The normalized spacial score (nSPS) is 19.0. The first-order valence-corrected chi connectivity index (χ1v) is 8.93. The zero-order chi connectivity index (χ0) is 18.3. The number of nitrogens with zero attached hydrogens (tertiary/aromatic N) is 2. The molecule has 0 amide bonds. The van der Waals surface area contributed by atoms with E-state index in [1.807, 2.05) is 31.6 Å². The van der Waals surface area contributed by atoms with E-state index in [0.29, 0.717) is 18.1 Å². The summed E-state index contributed by atoms with van der Waals surface area (Å²) >= 11 is 0. The molecule has 1 saturated heterocycles. The molecule has 0 saturated carbocycles. The Morgan fingerprint density at radius 2 is 2.32 bits per heavy atom. The molecule has 1 aromatic heterocycles. The third-order valence-electron chi connectivity index (χ3n) is 4.00. The molecule has 4 N–H and O–H groups in total. The summed E-state index contributed by atoms with van der Waals surface area (Å²) in [6.07, 6.45) is 9.43. The van der Waals surface area contributed by atoms with Crippen molar-refractivity contribution in [2.24, 2.45) is 11.1 Å². The third kappa shape index (κ3) is 6.88. The highest BCUT2D eigenvalue weighted by molar-refractivity contribution is 5.97. The highest BCUT2D eigenvalue weighted by atomic mass is 16.7. The van der Waals surface area contributed by atoms with Gasteiger partial charge in [-0.15, -0.1) is 0 Å². The SMILES string of the molecule is CC(C)(C)C(=N)/C=C(/N)Nc1cnn(CCCOC2CCCCO2)c1. The van der Waals surface area contributed by atoms with Crippen molar-refractivity contribution in [3.63, 3.8) is 0 Å². The minimum Gasteiger partial charge on any atom is -0.385 e. The second-order valence-electron chi connectivity index (χ2n) is 7.40. The molecule has 1 atom stereocenters. The van der Waals surface area contributed by atoms with Gasteiger partial charge in [-0.05, 0) is 31.8 Å². The van der Waals surface area contributed by atoms with Crippen molar-refractivity contribution < 1.29 is 9.47 Å². The number of aryl methyl sites for hydroxylation is 1. The van der Waals surface area contributed by atoms with Gasteiger partial charge in [0.25, 0.3) is 0 Å². The number of nitrogens with one attached hydrogen (secondary N) is 2. The van der Waals surface area contributed by atoms with Crippen LogP contribution in [0.3, 0.4) is 0 Å². The highest BCUT2D eigenvalue weighted by Crippen LogP contribution is 2.17. The molecular weight excluding hydrogens is 318 g/mol. The van der Waals surface area contributed by atoms with Gasteiger partial charge in [0, 0.05) is 30.5 Å². The maximum absolute atomic E-state index is 8.00. The number of aromatic nitrogens is 2. The Bertz CT molecular complexity index is 583. The predicted molar refractivity (Wildman–Crippen MR) is 99.5 cm³/mol. The first-order chi connectivity index (χ1) is 11.8. The van der Waals surface area contributed by atoms with Crippen molar-refractivity contribution in [1.29, 1.82) is 5.41 Å². The minimum atomic E-state index is -0.224. The van der Waals surface area contributed by atoms with Gasteiger partial charge < -0.3 is 25.9 Å². The van der Waals surface area contributed by atoms with Crippen LogP contribution in [0.5, 0.6) is 0 Å².